The van der Waals surface area contributed by atoms with Crippen LogP contribution in [-0.4, -0.2) is 129 Å². The summed E-state index contributed by atoms with van der Waals surface area (Å²) in [4.78, 5) is 81.7. The number of imide groups is 2. The monoisotopic (exact) mass is 777 g/mol. The molecule has 4 rings (SSSR count). The van der Waals surface area contributed by atoms with Crippen molar-refractivity contribution in [3.8, 4) is 0 Å². The van der Waals surface area contributed by atoms with Crippen molar-refractivity contribution in [2.75, 3.05) is 39.4 Å². The SMILES string of the molecule is CC1CCCC(=O)N1C(=O)NC1CC(C)(C)CC(C)(CN(CCOCCN(CC2(C)CC(NC(=O)N3C(=O)CCCC3C)CC(C)(C)C2)C(=O)O)C(=O)O)C1. The van der Waals surface area contributed by atoms with Crippen LogP contribution in [0.2, 0.25) is 0 Å². The summed E-state index contributed by atoms with van der Waals surface area (Å²) in [7, 11) is 0. The second kappa shape index (κ2) is 17.7. The van der Waals surface area contributed by atoms with Crippen LogP contribution in [0.15, 0.2) is 0 Å². The van der Waals surface area contributed by atoms with Crippen molar-refractivity contribution in [1.82, 2.24) is 30.2 Å². The van der Waals surface area contributed by atoms with Crippen LogP contribution in [0.25, 0.3) is 0 Å². The normalized spacial score (nSPS) is 30.7. The molecule has 15 nitrogen and oxygen atoms in total. The highest BCUT2D eigenvalue weighted by Crippen LogP contribution is 2.48. The topological polar surface area (TPSA) is 189 Å². The fraction of sp³-hybridized carbons (Fsp3) is 0.850. The number of nitrogens with zero attached hydrogens (tertiary/aromatic N) is 4. The lowest BCUT2D eigenvalue weighted by molar-refractivity contribution is -0.133. The van der Waals surface area contributed by atoms with Gasteiger partial charge in [0.05, 0.1) is 13.2 Å². The van der Waals surface area contributed by atoms with Gasteiger partial charge in [0.1, 0.15) is 0 Å². The zero-order valence-electron chi connectivity index (χ0n) is 34.6. The minimum atomic E-state index is -1.08. The van der Waals surface area contributed by atoms with E-state index in [1.54, 1.807) is 0 Å². The first-order valence-corrected chi connectivity index (χ1v) is 20.3. The number of likely N-dealkylation sites (tertiary alicyclic amines) is 2. The van der Waals surface area contributed by atoms with Gasteiger partial charge in [0.2, 0.25) is 11.8 Å². The Morgan fingerprint density at radius 2 is 1.04 bits per heavy atom. The van der Waals surface area contributed by atoms with Crippen LogP contribution in [0, 0.1) is 21.7 Å². The largest absolute Gasteiger partial charge is 0.465 e. The number of amides is 8. The summed E-state index contributed by atoms with van der Waals surface area (Å²) in [6, 6.07) is -1.52. The minimum Gasteiger partial charge on any atom is -0.465 e. The quantitative estimate of drug-likeness (QED) is 0.164. The van der Waals surface area contributed by atoms with Gasteiger partial charge in [-0.25, -0.2) is 19.2 Å². The molecule has 15 heteroatoms. The summed E-state index contributed by atoms with van der Waals surface area (Å²) in [5, 5.41) is 26.5. The number of carbonyl (C=O) groups excluding carboxylic acids is 4. The third-order valence-corrected chi connectivity index (χ3v) is 12.1. The first kappa shape index (κ1) is 44.1. The van der Waals surface area contributed by atoms with Crippen molar-refractivity contribution in [2.24, 2.45) is 21.7 Å². The summed E-state index contributed by atoms with van der Waals surface area (Å²) >= 11 is 0. The highest BCUT2D eigenvalue weighted by Gasteiger charge is 2.46. The van der Waals surface area contributed by atoms with Gasteiger partial charge in [-0.1, -0.05) is 41.5 Å². The Morgan fingerprint density at radius 1 is 0.673 bits per heavy atom. The summed E-state index contributed by atoms with van der Waals surface area (Å²) in [6.45, 7) is 17.1. The number of rotatable bonds is 12. The van der Waals surface area contributed by atoms with Crippen molar-refractivity contribution in [1.29, 1.82) is 0 Å². The Labute approximate surface area is 327 Å². The van der Waals surface area contributed by atoms with Crippen molar-refractivity contribution >= 4 is 36.1 Å². The first-order chi connectivity index (χ1) is 25.5. The maximum Gasteiger partial charge on any atom is 0.407 e. The van der Waals surface area contributed by atoms with E-state index in [2.05, 4.69) is 38.3 Å². The minimum absolute atomic E-state index is 0.0837. The summed E-state index contributed by atoms with van der Waals surface area (Å²) in [6.07, 6.45) is 5.71. The van der Waals surface area contributed by atoms with E-state index in [-0.39, 0.29) is 98.3 Å². The zero-order chi connectivity index (χ0) is 40.9. The number of nitrogens with one attached hydrogen (secondary N) is 2. The standard InChI is InChI=1S/C40H68N6O9/c1-27-11-9-13-31(47)45(27)33(49)41-29-19-37(3,4)23-39(7,21-29)25-43(35(51)52)15-17-55-18-16-44(36(53)54)26-40(8)22-30(20-38(5,6)24-40)42-34(50)46-28(2)12-10-14-32(46)48/h27-30H,9-26H2,1-8H3,(H,41,49)(H,42,50)(H,51,52)(H,53,54). The van der Waals surface area contributed by atoms with Gasteiger partial charge in [-0.15, -0.1) is 0 Å². The number of urea groups is 2. The highest BCUT2D eigenvalue weighted by molar-refractivity contribution is 5.96. The Balaban J connectivity index is 1.29. The average Bonchev–Trinajstić information content (AvgIpc) is 3.01. The maximum absolute atomic E-state index is 13.2. The Morgan fingerprint density at radius 3 is 1.36 bits per heavy atom. The smallest absolute Gasteiger partial charge is 0.407 e. The van der Waals surface area contributed by atoms with Gasteiger partial charge in [-0.3, -0.25) is 19.4 Å². The van der Waals surface area contributed by atoms with Gasteiger partial charge < -0.3 is 35.4 Å². The second-order valence-electron chi connectivity index (χ2n) is 19.4. The third-order valence-electron chi connectivity index (χ3n) is 12.1. The van der Waals surface area contributed by atoms with Crippen LogP contribution in [0.1, 0.15) is 132 Å². The van der Waals surface area contributed by atoms with Crippen molar-refractivity contribution < 1.29 is 43.7 Å². The molecule has 2 saturated heterocycles. The second-order valence-corrected chi connectivity index (χ2v) is 19.4. The van der Waals surface area contributed by atoms with E-state index < -0.39 is 23.0 Å². The molecule has 2 heterocycles. The van der Waals surface area contributed by atoms with Crippen LogP contribution in [0.4, 0.5) is 19.2 Å². The van der Waals surface area contributed by atoms with E-state index >= 15 is 0 Å². The fourth-order valence-electron chi connectivity index (χ4n) is 10.8. The van der Waals surface area contributed by atoms with E-state index in [0.717, 1.165) is 38.5 Å². The van der Waals surface area contributed by atoms with Gasteiger partial charge >= 0.3 is 24.2 Å². The average molecular weight is 777 g/mol. The predicted octanol–water partition coefficient (Wildman–Crippen LogP) is 6.35. The molecule has 0 aromatic carbocycles. The highest BCUT2D eigenvalue weighted by atomic mass is 16.5. The van der Waals surface area contributed by atoms with Crippen molar-refractivity contribution in [3.05, 3.63) is 0 Å². The summed E-state index contributed by atoms with van der Waals surface area (Å²) < 4.78 is 5.84. The summed E-state index contributed by atoms with van der Waals surface area (Å²) in [5.74, 6) is -0.331. The molecular weight excluding hydrogens is 708 g/mol. The van der Waals surface area contributed by atoms with Gasteiger partial charge in [0.15, 0.2) is 0 Å². The molecule has 55 heavy (non-hydrogen) atoms. The maximum atomic E-state index is 13.2. The molecule has 4 aliphatic rings. The number of carbonyl (C=O) groups is 6. The Kier molecular flexibility index (Phi) is 14.2. The van der Waals surface area contributed by atoms with E-state index in [9.17, 15) is 39.0 Å². The van der Waals surface area contributed by atoms with Crippen molar-refractivity contribution in [2.45, 2.75) is 157 Å². The zero-order valence-corrected chi connectivity index (χ0v) is 34.6. The van der Waals surface area contributed by atoms with Gasteiger partial charge in [-0.2, -0.15) is 0 Å². The molecule has 4 N–H and O–H groups in total. The van der Waals surface area contributed by atoms with Gasteiger partial charge in [-0.05, 0) is 99.7 Å². The third kappa shape index (κ3) is 12.2. The van der Waals surface area contributed by atoms with Crippen LogP contribution in [-0.2, 0) is 14.3 Å². The van der Waals surface area contributed by atoms with E-state index in [1.165, 1.54) is 19.6 Å². The van der Waals surface area contributed by atoms with E-state index in [0.29, 0.717) is 38.5 Å². The molecule has 6 unspecified atom stereocenters. The lowest BCUT2D eigenvalue weighted by Gasteiger charge is -2.48. The van der Waals surface area contributed by atoms with Gasteiger partial charge in [0, 0.05) is 63.2 Å². The molecule has 312 valence electrons. The van der Waals surface area contributed by atoms with E-state index in [1.807, 2.05) is 27.7 Å². The Bertz CT molecular complexity index is 1340. The predicted molar refractivity (Wildman–Crippen MR) is 206 cm³/mol. The van der Waals surface area contributed by atoms with Crippen LogP contribution in [0.3, 0.4) is 0 Å². The van der Waals surface area contributed by atoms with Crippen molar-refractivity contribution in [3.63, 3.8) is 0 Å². The van der Waals surface area contributed by atoms with Crippen LogP contribution >= 0.6 is 0 Å². The molecule has 8 amide bonds. The van der Waals surface area contributed by atoms with E-state index in [4.69, 9.17) is 4.74 Å². The lowest BCUT2D eigenvalue weighted by Crippen LogP contribution is -2.56. The molecule has 2 saturated carbocycles. The van der Waals surface area contributed by atoms with Crippen LogP contribution in [0.5, 0.6) is 0 Å². The molecule has 0 bridgehead atoms. The molecule has 4 fully saturated rings. The molecule has 0 aromatic rings. The number of hydrogen-bond acceptors (Lipinski definition) is 7. The Hall–Kier alpha value is -3.62. The van der Waals surface area contributed by atoms with Crippen LogP contribution < -0.4 is 10.6 Å². The van der Waals surface area contributed by atoms with Gasteiger partial charge in [0.25, 0.3) is 0 Å². The molecule has 0 radical (unpaired) electrons. The molecule has 0 spiro atoms. The number of hydrogen-bond donors (Lipinski definition) is 4. The first-order valence-electron chi connectivity index (χ1n) is 20.3. The number of ether oxygens (including phenoxy) is 1. The molecule has 6 atom stereocenters. The molecule has 2 aliphatic heterocycles. The number of piperidine rings is 2. The lowest BCUT2D eigenvalue weighted by atomic mass is 9.62. The summed E-state index contributed by atoms with van der Waals surface area (Å²) in [5.41, 5.74) is -1.25. The fourth-order valence-corrected chi connectivity index (χ4v) is 10.8. The molecular formula is C40H68N6O9. The molecule has 2 aliphatic carbocycles. The molecule has 0 aromatic heterocycles. The number of carboxylic acid groups (broad SMARTS) is 2.